The maximum atomic E-state index is 12.1. The average Bonchev–Trinajstić information content (AvgIpc) is 2.29. The van der Waals surface area contributed by atoms with Gasteiger partial charge in [-0.25, -0.2) is 18.7 Å². The summed E-state index contributed by atoms with van der Waals surface area (Å²) in [6, 6.07) is 0. The lowest BCUT2D eigenvalue weighted by Gasteiger charge is -2.16. The molecule has 4 nitrogen and oxygen atoms in total. The van der Waals surface area contributed by atoms with E-state index in [0.717, 1.165) is 18.5 Å². The highest BCUT2D eigenvalue weighted by molar-refractivity contribution is 5.28. The minimum absolute atomic E-state index is 0.324. The standard InChI is InChI=1S/C11H18F2N4/c1-3-4-14-5-9-6-15-11(16-7-9)17(2)8-10(12)13/h6-7,10,14H,3-5,8H2,1-2H3. The zero-order valence-corrected chi connectivity index (χ0v) is 10.2. The van der Waals surface area contributed by atoms with Crippen molar-refractivity contribution in [2.24, 2.45) is 0 Å². The second-order valence-corrected chi connectivity index (χ2v) is 3.84. The first-order valence-corrected chi connectivity index (χ1v) is 5.64. The molecule has 0 atom stereocenters. The Bertz CT molecular complexity index is 316. The highest BCUT2D eigenvalue weighted by atomic mass is 19.3. The van der Waals surface area contributed by atoms with Crippen molar-refractivity contribution in [1.82, 2.24) is 15.3 Å². The molecule has 0 saturated carbocycles. The first-order chi connectivity index (χ1) is 8.13. The minimum Gasteiger partial charge on any atom is -0.338 e. The van der Waals surface area contributed by atoms with Crippen LogP contribution < -0.4 is 10.2 Å². The van der Waals surface area contributed by atoms with Gasteiger partial charge in [-0.15, -0.1) is 0 Å². The summed E-state index contributed by atoms with van der Waals surface area (Å²) in [5.74, 6) is 0.324. The minimum atomic E-state index is -2.38. The van der Waals surface area contributed by atoms with E-state index in [-0.39, 0.29) is 6.54 Å². The normalized spacial score (nSPS) is 10.9. The summed E-state index contributed by atoms with van der Waals surface area (Å²) < 4.78 is 24.3. The van der Waals surface area contributed by atoms with E-state index in [0.29, 0.717) is 12.5 Å². The van der Waals surface area contributed by atoms with Crippen LogP contribution in [0.1, 0.15) is 18.9 Å². The number of hydrogen-bond acceptors (Lipinski definition) is 4. The fraction of sp³-hybridized carbons (Fsp3) is 0.636. The van der Waals surface area contributed by atoms with E-state index in [9.17, 15) is 8.78 Å². The number of halogens is 2. The van der Waals surface area contributed by atoms with E-state index in [1.165, 1.54) is 4.90 Å². The molecule has 0 amide bonds. The van der Waals surface area contributed by atoms with Crippen LogP contribution in [0.3, 0.4) is 0 Å². The van der Waals surface area contributed by atoms with Crippen molar-refractivity contribution in [3.63, 3.8) is 0 Å². The molecule has 1 aromatic heterocycles. The number of alkyl halides is 2. The molecule has 17 heavy (non-hydrogen) atoms. The molecule has 0 saturated heterocycles. The Kier molecular flexibility index (Phi) is 5.76. The van der Waals surface area contributed by atoms with Gasteiger partial charge >= 0.3 is 0 Å². The van der Waals surface area contributed by atoms with Gasteiger partial charge in [0.2, 0.25) is 5.95 Å². The van der Waals surface area contributed by atoms with Crippen molar-refractivity contribution >= 4 is 5.95 Å². The summed E-state index contributed by atoms with van der Waals surface area (Å²) >= 11 is 0. The largest absolute Gasteiger partial charge is 0.338 e. The summed E-state index contributed by atoms with van der Waals surface area (Å²) in [6.07, 6.45) is 2.00. The van der Waals surface area contributed by atoms with E-state index < -0.39 is 6.43 Å². The Morgan fingerprint density at radius 1 is 1.35 bits per heavy atom. The van der Waals surface area contributed by atoms with Crippen LogP contribution in [0.25, 0.3) is 0 Å². The number of nitrogens with zero attached hydrogens (tertiary/aromatic N) is 3. The predicted octanol–water partition coefficient (Wildman–Crippen LogP) is 1.68. The van der Waals surface area contributed by atoms with Gasteiger partial charge < -0.3 is 10.2 Å². The van der Waals surface area contributed by atoms with Gasteiger partial charge in [0, 0.05) is 31.5 Å². The lowest BCUT2D eigenvalue weighted by atomic mass is 10.3. The molecule has 6 heteroatoms. The summed E-state index contributed by atoms with van der Waals surface area (Å²) in [5, 5.41) is 3.22. The van der Waals surface area contributed by atoms with Gasteiger partial charge in [0.25, 0.3) is 6.43 Å². The van der Waals surface area contributed by atoms with Gasteiger partial charge in [-0.3, -0.25) is 0 Å². The smallest absolute Gasteiger partial charge is 0.255 e. The van der Waals surface area contributed by atoms with Crippen LogP contribution in [0.4, 0.5) is 14.7 Å². The summed E-state index contributed by atoms with van der Waals surface area (Å²) in [5.41, 5.74) is 0.952. The molecule has 0 spiro atoms. The lowest BCUT2D eigenvalue weighted by molar-refractivity contribution is 0.156. The van der Waals surface area contributed by atoms with E-state index in [1.54, 1.807) is 19.4 Å². The molecule has 1 heterocycles. The Labute approximate surface area is 100 Å². The highest BCUT2D eigenvalue weighted by Gasteiger charge is 2.10. The van der Waals surface area contributed by atoms with E-state index in [2.05, 4.69) is 22.2 Å². The fourth-order valence-electron chi connectivity index (χ4n) is 1.33. The van der Waals surface area contributed by atoms with Crippen LogP contribution in [-0.4, -0.2) is 36.5 Å². The van der Waals surface area contributed by atoms with Crippen LogP contribution in [-0.2, 0) is 6.54 Å². The molecule has 1 N–H and O–H groups in total. The van der Waals surface area contributed by atoms with Gasteiger partial charge in [0.05, 0.1) is 6.54 Å². The lowest BCUT2D eigenvalue weighted by Crippen LogP contribution is -2.26. The average molecular weight is 244 g/mol. The number of rotatable bonds is 7. The molecule has 0 aliphatic heterocycles. The number of nitrogens with one attached hydrogen (secondary N) is 1. The predicted molar refractivity (Wildman–Crippen MR) is 63.3 cm³/mol. The SMILES string of the molecule is CCCNCc1cnc(N(C)CC(F)F)nc1. The Morgan fingerprint density at radius 3 is 2.53 bits per heavy atom. The molecule has 0 aliphatic rings. The molecular weight excluding hydrogens is 226 g/mol. The van der Waals surface area contributed by atoms with Crippen molar-refractivity contribution in [2.75, 3.05) is 25.0 Å². The number of aromatic nitrogens is 2. The zero-order valence-electron chi connectivity index (χ0n) is 10.2. The molecule has 0 aliphatic carbocycles. The molecule has 0 bridgehead atoms. The highest BCUT2D eigenvalue weighted by Crippen LogP contribution is 2.07. The van der Waals surface area contributed by atoms with Crippen molar-refractivity contribution < 1.29 is 8.78 Å². The summed E-state index contributed by atoms with van der Waals surface area (Å²) in [7, 11) is 1.55. The van der Waals surface area contributed by atoms with Crippen LogP contribution in [0, 0.1) is 0 Å². The van der Waals surface area contributed by atoms with Crippen LogP contribution in [0.2, 0.25) is 0 Å². The maximum Gasteiger partial charge on any atom is 0.255 e. The van der Waals surface area contributed by atoms with Gasteiger partial charge in [0.15, 0.2) is 0 Å². The second kappa shape index (κ2) is 7.11. The van der Waals surface area contributed by atoms with Crippen LogP contribution >= 0.6 is 0 Å². The monoisotopic (exact) mass is 244 g/mol. The quantitative estimate of drug-likeness (QED) is 0.741. The molecule has 1 aromatic rings. The van der Waals surface area contributed by atoms with E-state index >= 15 is 0 Å². The third-order valence-corrected chi connectivity index (χ3v) is 2.20. The van der Waals surface area contributed by atoms with Crippen molar-refractivity contribution in [3.8, 4) is 0 Å². The molecule has 0 radical (unpaired) electrons. The van der Waals surface area contributed by atoms with Gasteiger partial charge in [0.1, 0.15) is 0 Å². The fourth-order valence-corrected chi connectivity index (χ4v) is 1.33. The molecular formula is C11H18F2N4. The van der Waals surface area contributed by atoms with Gasteiger partial charge in [-0.2, -0.15) is 0 Å². The Morgan fingerprint density at radius 2 is 2.00 bits per heavy atom. The number of hydrogen-bond donors (Lipinski definition) is 1. The molecule has 1 rings (SSSR count). The Balaban J connectivity index is 2.49. The van der Waals surface area contributed by atoms with Gasteiger partial charge in [-0.1, -0.05) is 6.92 Å². The van der Waals surface area contributed by atoms with Crippen LogP contribution in [0.15, 0.2) is 12.4 Å². The van der Waals surface area contributed by atoms with E-state index in [4.69, 9.17) is 0 Å². The van der Waals surface area contributed by atoms with Crippen molar-refractivity contribution in [2.45, 2.75) is 26.3 Å². The van der Waals surface area contributed by atoms with Gasteiger partial charge in [-0.05, 0) is 13.0 Å². The molecule has 96 valence electrons. The third kappa shape index (κ3) is 5.04. The third-order valence-electron chi connectivity index (χ3n) is 2.20. The molecule has 0 unspecified atom stereocenters. The van der Waals surface area contributed by atoms with Crippen molar-refractivity contribution in [1.29, 1.82) is 0 Å². The van der Waals surface area contributed by atoms with Crippen molar-refractivity contribution in [3.05, 3.63) is 18.0 Å². The Hall–Kier alpha value is -1.30. The topological polar surface area (TPSA) is 41.1 Å². The number of anilines is 1. The molecule has 0 aromatic carbocycles. The summed E-state index contributed by atoms with van der Waals surface area (Å²) in [4.78, 5) is 9.44. The van der Waals surface area contributed by atoms with E-state index in [1.807, 2.05) is 0 Å². The first-order valence-electron chi connectivity index (χ1n) is 5.64. The maximum absolute atomic E-state index is 12.1. The summed E-state index contributed by atoms with van der Waals surface area (Å²) in [6.45, 7) is 3.37. The van der Waals surface area contributed by atoms with Crippen LogP contribution in [0.5, 0.6) is 0 Å². The molecule has 0 fully saturated rings. The second-order valence-electron chi connectivity index (χ2n) is 3.84. The zero-order chi connectivity index (χ0) is 12.7. The first kappa shape index (κ1) is 13.8.